The standard InChI is InChI=1S/C14H18N2O/c1-15-8-6-12(10-15)14(17)16-9-7-11-4-2-3-5-13(11)16/h2-5,12H,6-10H2,1H3. The van der Waals surface area contributed by atoms with E-state index in [1.807, 2.05) is 11.0 Å². The minimum Gasteiger partial charge on any atom is -0.312 e. The molecule has 2 aliphatic heterocycles. The van der Waals surface area contributed by atoms with Gasteiger partial charge in [-0.15, -0.1) is 0 Å². The molecule has 90 valence electrons. The number of nitrogens with zero attached hydrogens (tertiary/aromatic N) is 2. The van der Waals surface area contributed by atoms with E-state index in [-0.39, 0.29) is 5.92 Å². The minimum atomic E-state index is 0.200. The lowest BCUT2D eigenvalue weighted by atomic mass is 10.1. The zero-order valence-electron chi connectivity index (χ0n) is 10.2. The van der Waals surface area contributed by atoms with Crippen molar-refractivity contribution in [3.05, 3.63) is 29.8 Å². The van der Waals surface area contributed by atoms with Gasteiger partial charge in [-0.2, -0.15) is 0 Å². The molecule has 1 aromatic carbocycles. The van der Waals surface area contributed by atoms with Gasteiger partial charge in [-0.05, 0) is 38.1 Å². The van der Waals surface area contributed by atoms with Crippen LogP contribution in [0.25, 0.3) is 0 Å². The van der Waals surface area contributed by atoms with Crippen molar-refractivity contribution in [2.45, 2.75) is 12.8 Å². The lowest BCUT2D eigenvalue weighted by Gasteiger charge is -2.21. The molecule has 0 spiro atoms. The molecule has 0 bridgehead atoms. The van der Waals surface area contributed by atoms with Gasteiger partial charge in [0.2, 0.25) is 5.91 Å². The van der Waals surface area contributed by atoms with E-state index in [4.69, 9.17) is 0 Å². The molecule has 2 aliphatic rings. The smallest absolute Gasteiger partial charge is 0.231 e. The van der Waals surface area contributed by atoms with Gasteiger partial charge in [-0.3, -0.25) is 4.79 Å². The van der Waals surface area contributed by atoms with E-state index in [0.717, 1.165) is 38.2 Å². The van der Waals surface area contributed by atoms with Crippen molar-refractivity contribution < 1.29 is 4.79 Å². The molecule has 1 aromatic rings. The topological polar surface area (TPSA) is 23.6 Å². The maximum Gasteiger partial charge on any atom is 0.231 e. The monoisotopic (exact) mass is 230 g/mol. The van der Waals surface area contributed by atoms with Gasteiger partial charge in [0.15, 0.2) is 0 Å². The van der Waals surface area contributed by atoms with Crippen LogP contribution < -0.4 is 4.90 Å². The predicted molar refractivity (Wildman–Crippen MR) is 68.1 cm³/mol. The summed E-state index contributed by atoms with van der Waals surface area (Å²) in [6, 6.07) is 8.27. The average molecular weight is 230 g/mol. The van der Waals surface area contributed by atoms with Gasteiger partial charge in [-0.25, -0.2) is 0 Å². The highest BCUT2D eigenvalue weighted by molar-refractivity contribution is 5.97. The summed E-state index contributed by atoms with van der Waals surface area (Å²) in [6.07, 6.45) is 2.01. The normalized spacial score (nSPS) is 24.1. The molecule has 0 radical (unpaired) electrons. The molecule has 0 saturated carbocycles. The van der Waals surface area contributed by atoms with E-state index in [9.17, 15) is 4.79 Å². The second-order valence-electron chi connectivity index (χ2n) is 5.12. The van der Waals surface area contributed by atoms with Crippen molar-refractivity contribution in [3.8, 4) is 0 Å². The van der Waals surface area contributed by atoms with E-state index >= 15 is 0 Å². The maximum absolute atomic E-state index is 12.5. The van der Waals surface area contributed by atoms with Crippen molar-refractivity contribution in [1.82, 2.24) is 4.90 Å². The molecular formula is C14H18N2O. The Balaban J connectivity index is 1.80. The van der Waals surface area contributed by atoms with Crippen LogP contribution in [-0.4, -0.2) is 37.5 Å². The van der Waals surface area contributed by atoms with E-state index in [1.165, 1.54) is 5.56 Å². The molecule has 1 atom stereocenters. The number of benzene rings is 1. The van der Waals surface area contributed by atoms with E-state index < -0.39 is 0 Å². The third kappa shape index (κ3) is 1.84. The summed E-state index contributed by atoms with van der Waals surface area (Å²) in [5, 5.41) is 0. The summed E-state index contributed by atoms with van der Waals surface area (Å²) < 4.78 is 0. The van der Waals surface area contributed by atoms with Crippen molar-refractivity contribution in [2.75, 3.05) is 31.6 Å². The molecule has 2 heterocycles. The number of hydrogen-bond acceptors (Lipinski definition) is 2. The number of carbonyl (C=O) groups is 1. The Labute approximate surface area is 102 Å². The number of rotatable bonds is 1. The summed E-state index contributed by atoms with van der Waals surface area (Å²) in [7, 11) is 2.09. The third-order valence-corrected chi connectivity index (χ3v) is 3.89. The van der Waals surface area contributed by atoms with Crippen molar-refractivity contribution >= 4 is 11.6 Å². The number of carbonyl (C=O) groups excluding carboxylic acids is 1. The molecule has 3 nitrogen and oxygen atoms in total. The Morgan fingerprint density at radius 2 is 2.12 bits per heavy atom. The van der Waals surface area contributed by atoms with Gasteiger partial charge in [0.1, 0.15) is 0 Å². The van der Waals surface area contributed by atoms with Gasteiger partial charge < -0.3 is 9.80 Å². The van der Waals surface area contributed by atoms with Gasteiger partial charge in [-0.1, -0.05) is 18.2 Å². The van der Waals surface area contributed by atoms with Crippen LogP contribution in [0.1, 0.15) is 12.0 Å². The fourth-order valence-electron chi connectivity index (χ4n) is 2.92. The Hall–Kier alpha value is -1.35. The fraction of sp³-hybridized carbons (Fsp3) is 0.500. The second-order valence-corrected chi connectivity index (χ2v) is 5.12. The molecule has 3 heteroatoms. The zero-order chi connectivity index (χ0) is 11.8. The van der Waals surface area contributed by atoms with Crippen molar-refractivity contribution in [3.63, 3.8) is 0 Å². The Morgan fingerprint density at radius 3 is 2.88 bits per heavy atom. The van der Waals surface area contributed by atoms with Crippen LogP contribution in [-0.2, 0) is 11.2 Å². The Morgan fingerprint density at radius 1 is 1.29 bits per heavy atom. The van der Waals surface area contributed by atoms with Gasteiger partial charge in [0.05, 0.1) is 5.92 Å². The van der Waals surface area contributed by atoms with Crippen LogP contribution in [0.2, 0.25) is 0 Å². The number of amides is 1. The molecule has 17 heavy (non-hydrogen) atoms. The number of hydrogen-bond donors (Lipinski definition) is 0. The lowest BCUT2D eigenvalue weighted by Crippen LogP contribution is -2.35. The predicted octanol–water partition coefficient (Wildman–Crippen LogP) is 1.53. The summed E-state index contributed by atoms with van der Waals surface area (Å²) in [6.45, 7) is 2.82. The molecule has 1 unspecified atom stereocenters. The molecule has 0 aromatic heterocycles. The zero-order valence-corrected chi connectivity index (χ0v) is 10.2. The largest absolute Gasteiger partial charge is 0.312 e. The van der Waals surface area contributed by atoms with E-state index in [0.29, 0.717) is 5.91 Å². The maximum atomic E-state index is 12.5. The first-order valence-electron chi connectivity index (χ1n) is 6.33. The molecule has 1 fully saturated rings. The summed E-state index contributed by atoms with van der Waals surface area (Å²) >= 11 is 0. The third-order valence-electron chi connectivity index (χ3n) is 3.89. The highest BCUT2D eigenvalue weighted by atomic mass is 16.2. The minimum absolute atomic E-state index is 0.200. The first-order chi connectivity index (χ1) is 8.25. The number of para-hydroxylation sites is 1. The SMILES string of the molecule is CN1CCC(C(=O)N2CCc3ccccc32)C1. The number of anilines is 1. The van der Waals surface area contributed by atoms with E-state index in [2.05, 4.69) is 30.1 Å². The van der Waals surface area contributed by atoms with Crippen LogP contribution in [0.5, 0.6) is 0 Å². The lowest BCUT2D eigenvalue weighted by molar-refractivity contribution is -0.121. The summed E-state index contributed by atoms with van der Waals surface area (Å²) in [5.41, 5.74) is 2.44. The van der Waals surface area contributed by atoms with Crippen molar-refractivity contribution in [1.29, 1.82) is 0 Å². The highest BCUT2D eigenvalue weighted by Gasteiger charge is 2.33. The number of likely N-dealkylation sites (tertiary alicyclic amines) is 1. The van der Waals surface area contributed by atoms with Gasteiger partial charge in [0.25, 0.3) is 0 Å². The van der Waals surface area contributed by atoms with Crippen LogP contribution in [0.3, 0.4) is 0 Å². The molecule has 3 rings (SSSR count). The molecule has 1 amide bonds. The quantitative estimate of drug-likeness (QED) is 0.730. The fourth-order valence-corrected chi connectivity index (χ4v) is 2.92. The Kier molecular flexibility index (Phi) is 2.63. The summed E-state index contributed by atoms with van der Waals surface area (Å²) in [5.74, 6) is 0.519. The molecular weight excluding hydrogens is 212 g/mol. The number of fused-ring (bicyclic) bond motifs is 1. The first kappa shape index (κ1) is 10.8. The van der Waals surface area contributed by atoms with Crippen LogP contribution in [0.15, 0.2) is 24.3 Å². The van der Waals surface area contributed by atoms with Crippen LogP contribution in [0, 0.1) is 5.92 Å². The molecule has 1 saturated heterocycles. The second kappa shape index (κ2) is 4.15. The Bertz CT molecular complexity index is 444. The molecule has 0 aliphatic carbocycles. The van der Waals surface area contributed by atoms with E-state index in [1.54, 1.807) is 0 Å². The van der Waals surface area contributed by atoms with Crippen LogP contribution in [0.4, 0.5) is 5.69 Å². The summed E-state index contributed by atoms with van der Waals surface area (Å²) in [4.78, 5) is 16.7. The highest BCUT2D eigenvalue weighted by Crippen LogP contribution is 2.30. The van der Waals surface area contributed by atoms with Crippen molar-refractivity contribution in [2.24, 2.45) is 5.92 Å². The van der Waals surface area contributed by atoms with Gasteiger partial charge >= 0.3 is 0 Å². The molecule has 0 N–H and O–H groups in total. The first-order valence-corrected chi connectivity index (χ1v) is 6.33. The average Bonchev–Trinajstić information content (AvgIpc) is 2.94. The van der Waals surface area contributed by atoms with Gasteiger partial charge in [0, 0.05) is 18.8 Å². The van der Waals surface area contributed by atoms with Crippen LogP contribution >= 0.6 is 0 Å².